The van der Waals surface area contributed by atoms with Crippen molar-refractivity contribution in [2.75, 3.05) is 39.0 Å². The number of likely N-dealkylation sites (N-methyl/N-ethyl adjacent to an activating group) is 2. The molecule has 0 saturated carbocycles. The molecule has 9 heteroatoms. The van der Waals surface area contributed by atoms with Crippen LogP contribution in [0.2, 0.25) is 0 Å². The topological polar surface area (TPSA) is 110 Å². The highest BCUT2D eigenvalue weighted by molar-refractivity contribution is 6.06. The zero-order valence-corrected chi connectivity index (χ0v) is 17.8. The van der Waals surface area contributed by atoms with E-state index >= 15 is 0 Å². The Morgan fingerprint density at radius 1 is 1.13 bits per heavy atom. The van der Waals surface area contributed by atoms with Gasteiger partial charge < -0.3 is 20.3 Å². The monoisotopic (exact) mass is 421 g/mol. The van der Waals surface area contributed by atoms with Gasteiger partial charge in [-0.1, -0.05) is 12.1 Å². The molecule has 0 aliphatic carbocycles. The van der Waals surface area contributed by atoms with Gasteiger partial charge in [-0.2, -0.15) is 0 Å². The predicted molar refractivity (Wildman–Crippen MR) is 121 cm³/mol. The molecule has 0 spiro atoms. The normalized spacial score (nSPS) is 16.7. The van der Waals surface area contributed by atoms with Gasteiger partial charge in [-0.3, -0.25) is 14.7 Å². The second kappa shape index (κ2) is 9.13. The van der Waals surface area contributed by atoms with Gasteiger partial charge in [0.25, 0.3) is 0 Å². The Balaban J connectivity index is 1.70. The minimum absolute atomic E-state index is 0.00716. The molecule has 0 fully saturated rings. The van der Waals surface area contributed by atoms with Crippen LogP contribution in [0.15, 0.2) is 35.6 Å². The van der Waals surface area contributed by atoms with Crippen LogP contribution in [-0.2, 0) is 11.3 Å². The highest BCUT2D eigenvalue weighted by Gasteiger charge is 2.16. The van der Waals surface area contributed by atoms with Crippen molar-refractivity contribution in [2.24, 2.45) is 4.99 Å². The van der Waals surface area contributed by atoms with E-state index in [9.17, 15) is 9.90 Å². The Hall–Kier alpha value is -3.46. The number of hydrogen-bond acceptors (Lipinski definition) is 7. The number of fused-ring (bicyclic) bond motifs is 2. The van der Waals surface area contributed by atoms with E-state index in [-0.39, 0.29) is 11.8 Å². The van der Waals surface area contributed by atoms with Crippen LogP contribution in [0.25, 0.3) is 11.0 Å². The number of aromatic nitrogens is 3. The van der Waals surface area contributed by atoms with E-state index in [4.69, 9.17) is 0 Å². The summed E-state index contributed by atoms with van der Waals surface area (Å²) < 4.78 is 0. The Bertz CT molecular complexity index is 1110. The van der Waals surface area contributed by atoms with E-state index in [1.807, 2.05) is 43.3 Å². The summed E-state index contributed by atoms with van der Waals surface area (Å²) in [6.07, 6.45) is 4.85. The van der Waals surface area contributed by atoms with Gasteiger partial charge in [-0.15, -0.1) is 0 Å². The van der Waals surface area contributed by atoms with Gasteiger partial charge in [0.1, 0.15) is 17.8 Å². The molecule has 0 atom stereocenters. The van der Waals surface area contributed by atoms with Gasteiger partial charge >= 0.3 is 0 Å². The number of amides is 1. The summed E-state index contributed by atoms with van der Waals surface area (Å²) in [6.45, 7) is 2.40. The number of benzene rings is 1. The Kier molecular flexibility index (Phi) is 6.13. The van der Waals surface area contributed by atoms with E-state index in [1.54, 1.807) is 11.1 Å². The minimum atomic E-state index is 0.00716. The number of H-pyrrole nitrogens is 1. The van der Waals surface area contributed by atoms with E-state index in [0.29, 0.717) is 48.6 Å². The highest BCUT2D eigenvalue weighted by Crippen LogP contribution is 2.29. The standard InChI is InChI=1S/C22H27N7O2/c1-28-12-15-6-5-7-16(10-15)24-11-17-19-20(25-14-26-21(19)27-22(17)31)23-8-3-4-9-29(2)18(30)13-28/h5-7,10-11,14,31H,3-4,8-9,12-13H2,1-2H3,(H2,23,25,26,27). The minimum Gasteiger partial charge on any atom is -0.494 e. The summed E-state index contributed by atoms with van der Waals surface area (Å²) in [6, 6.07) is 7.83. The van der Waals surface area contributed by atoms with Gasteiger partial charge in [0.05, 0.1) is 23.2 Å². The molecule has 3 N–H and O–H groups in total. The first-order valence-corrected chi connectivity index (χ1v) is 10.4. The number of nitrogens with zero attached hydrogens (tertiary/aromatic N) is 5. The van der Waals surface area contributed by atoms with Crippen molar-refractivity contribution in [1.29, 1.82) is 0 Å². The second-order valence-electron chi connectivity index (χ2n) is 7.88. The Labute approximate surface area is 180 Å². The average molecular weight is 422 g/mol. The van der Waals surface area contributed by atoms with Crippen LogP contribution in [0, 0.1) is 0 Å². The largest absolute Gasteiger partial charge is 0.494 e. The molecule has 3 aromatic rings. The molecule has 2 bridgehead atoms. The Morgan fingerprint density at radius 2 is 2.00 bits per heavy atom. The van der Waals surface area contributed by atoms with Crippen molar-refractivity contribution in [3.63, 3.8) is 0 Å². The van der Waals surface area contributed by atoms with Crippen molar-refractivity contribution < 1.29 is 9.90 Å². The fraction of sp³-hybridized carbons (Fsp3) is 0.364. The van der Waals surface area contributed by atoms with Crippen LogP contribution in [0.4, 0.5) is 11.5 Å². The molecule has 1 aliphatic rings. The van der Waals surface area contributed by atoms with Crippen LogP contribution >= 0.6 is 0 Å². The third-order valence-electron chi connectivity index (χ3n) is 5.36. The zero-order chi connectivity index (χ0) is 21.8. The van der Waals surface area contributed by atoms with Gasteiger partial charge in [-0.25, -0.2) is 9.97 Å². The highest BCUT2D eigenvalue weighted by atomic mass is 16.3. The summed E-state index contributed by atoms with van der Waals surface area (Å²) in [5, 5.41) is 14.5. The molecule has 162 valence electrons. The van der Waals surface area contributed by atoms with Gasteiger partial charge in [0.15, 0.2) is 5.88 Å². The van der Waals surface area contributed by atoms with E-state index < -0.39 is 0 Å². The quantitative estimate of drug-likeness (QED) is 0.515. The molecule has 31 heavy (non-hydrogen) atoms. The summed E-state index contributed by atoms with van der Waals surface area (Å²) in [4.78, 5) is 32.3. The number of aromatic hydroxyl groups is 1. The summed E-state index contributed by atoms with van der Waals surface area (Å²) in [5.74, 6) is 0.757. The van der Waals surface area contributed by atoms with Gasteiger partial charge in [0, 0.05) is 32.9 Å². The van der Waals surface area contributed by atoms with Crippen LogP contribution in [-0.4, -0.2) is 75.7 Å². The summed E-state index contributed by atoms with van der Waals surface area (Å²) in [5.41, 5.74) is 2.91. The average Bonchev–Trinajstić information content (AvgIpc) is 3.07. The van der Waals surface area contributed by atoms with Crippen molar-refractivity contribution in [1.82, 2.24) is 24.8 Å². The molecule has 1 aliphatic heterocycles. The number of carbonyl (C=O) groups excluding carboxylic acids is 1. The van der Waals surface area contributed by atoms with E-state index in [0.717, 1.165) is 24.1 Å². The smallest absolute Gasteiger partial charge is 0.236 e. The lowest BCUT2D eigenvalue weighted by Gasteiger charge is -2.22. The van der Waals surface area contributed by atoms with Crippen LogP contribution in [0.5, 0.6) is 5.88 Å². The number of nitrogens with one attached hydrogen (secondary N) is 2. The molecular weight excluding hydrogens is 394 g/mol. The first-order valence-electron chi connectivity index (χ1n) is 10.4. The number of rotatable bonds is 0. The summed E-state index contributed by atoms with van der Waals surface area (Å²) in [7, 11) is 3.79. The summed E-state index contributed by atoms with van der Waals surface area (Å²) >= 11 is 0. The van der Waals surface area contributed by atoms with Crippen molar-refractivity contribution in [3.05, 3.63) is 41.7 Å². The van der Waals surface area contributed by atoms with Crippen LogP contribution in [0.1, 0.15) is 24.0 Å². The fourth-order valence-electron chi connectivity index (χ4n) is 3.69. The molecule has 3 heterocycles. The van der Waals surface area contributed by atoms with E-state index in [2.05, 4.69) is 25.3 Å². The fourth-order valence-corrected chi connectivity index (χ4v) is 3.69. The lowest BCUT2D eigenvalue weighted by atomic mass is 10.2. The van der Waals surface area contributed by atoms with Crippen LogP contribution in [0.3, 0.4) is 0 Å². The zero-order valence-electron chi connectivity index (χ0n) is 17.8. The lowest BCUT2D eigenvalue weighted by Crippen LogP contribution is -2.37. The molecule has 1 aromatic carbocycles. The maximum absolute atomic E-state index is 12.5. The van der Waals surface area contributed by atoms with Crippen molar-refractivity contribution in [2.45, 2.75) is 19.4 Å². The molecule has 4 rings (SSSR count). The second-order valence-corrected chi connectivity index (χ2v) is 7.88. The van der Waals surface area contributed by atoms with E-state index in [1.165, 1.54) is 6.33 Å². The first kappa shape index (κ1) is 20.8. The molecule has 9 nitrogen and oxygen atoms in total. The molecule has 2 aromatic heterocycles. The molecule has 0 saturated heterocycles. The third kappa shape index (κ3) is 4.83. The maximum Gasteiger partial charge on any atom is 0.236 e. The lowest BCUT2D eigenvalue weighted by molar-refractivity contribution is -0.131. The Morgan fingerprint density at radius 3 is 2.87 bits per heavy atom. The van der Waals surface area contributed by atoms with Crippen LogP contribution < -0.4 is 5.32 Å². The van der Waals surface area contributed by atoms with Crippen molar-refractivity contribution >= 4 is 34.7 Å². The number of aromatic amines is 1. The number of hydrogen-bond donors (Lipinski definition) is 3. The number of carbonyl (C=O) groups is 1. The molecule has 0 unspecified atom stereocenters. The molecule has 1 amide bonds. The first-order chi connectivity index (χ1) is 15.0. The number of anilines is 1. The van der Waals surface area contributed by atoms with Crippen molar-refractivity contribution in [3.8, 4) is 5.88 Å². The third-order valence-corrected chi connectivity index (χ3v) is 5.36. The SMILES string of the molecule is CN1CC(=O)N(C)CCCCNc2ncnc3[nH]c(O)c(c23)C=Nc2cccc(c2)C1. The van der Waals surface area contributed by atoms with Gasteiger partial charge in [-0.05, 0) is 37.6 Å². The maximum atomic E-state index is 12.5. The van der Waals surface area contributed by atoms with Gasteiger partial charge in [0.2, 0.25) is 5.91 Å². The predicted octanol–water partition coefficient (Wildman–Crippen LogP) is 2.51. The molecular formula is C22H27N7O2. The molecule has 0 radical (unpaired) electrons. The number of aliphatic imine (C=N–C) groups is 1.